The van der Waals surface area contributed by atoms with Crippen LogP contribution >= 0.6 is 12.4 Å². The maximum atomic E-state index is 12.3. The first kappa shape index (κ1) is 20.6. The first-order valence-electron chi connectivity index (χ1n) is 7.94. The van der Waals surface area contributed by atoms with E-state index in [0.29, 0.717) is 35.6 Å². The summed E-state index contributed by atoms with van der Waals surface area (Å²) < 4.78 is 0. The van der Waals surface area contributed by atoms with Crippen LogP contribution < -0.4 is 11.1 Å². The van der Waals surface area contributed by atoms with Gasteiger partial charge in [-0.15, -0.1) is 12.4 Å². The van der Waals surface area contributed by atoms with Crippen LogP contribution in [-0.4, -0.2) is 34.8 Å². The highest BCUT2D eigenvalue weighted by molar-refractivity contribution is 6.04. The Morgan fingerprint density at radius 1 is 1.08 bits per heavy atom. The van der Waals surface area contributed by atoms with Gasteiger partial charge in [0.15, 0.2) is 0 Å². The molecule has 0 saturated carbocycles. The molecule has 134 valence electrons. The Kier molecular flexibility index (Phi) is 8.04. The predicted molar refractivity (Wildman–Crippen MR) is 101 cm³/mol. The summed E-state index contributed by atoms with van der Waals surface area (Å²) in [5.41, 5.74) is 7.91. The molecule has 1 heterocycles. The maximum absolute atomic E-state index is 12.3. The van der Waals surface area contributed by atoms with E-state index in [-0.39, 0.29) is 30.8 Å². The average molecular weight is 363 g/mol. The molecule has 0 unspecified atom stereocenters. The van der Waals surface area contributed by atoms with E-state index in [0.717, 1.165) is 0 Å². The van der Waals surface area contributed by atoms with Gasteiger partial charge in [-0.1, -0.05) is 0 Å². The fraction of sp³-hybridized carbons (Fsp3) is 0.278. The van der Waals surface area contributed by atoms with E-state index < -0.39 is 0 Å². The number of benzene rings is 1. The summed E-state index contributed by atoms with van der Waals surface area (Å²) in [5.74, 6) is -0.255. The third-order valence-electron chi connectivity index (χ3n) is 3.73. The van der Waals surface area contributed by atoms with E-state index in [4.69, 9.17) is 5.73 Å². The minimum Gasteiger partial charge on any atom is -0.339 e. The predicted octanol–water partition coefficient (Wildman–Crippen LogP) is 2.70. The van der Waals surface area contributed by atoms with Gasteiger partial charge in [0, 0.05) is 42.6 Å². The summed E-state index contributed by atoms with van der Waals surface area (Å²) in [5, 5.41) is 2.80. The van der Waals surface area contributed by atoms with Crippen molar-refractivity contribution in [3.63, 3.8) is 0 Å². The van der Waals surface area contributed by atoms with Gasteiger partial charge in [-0.3, -0.25) is 14.6 Å². The number of amides is 2. The quantitative estimate of drug-likeness (QED) is 0.826. The number of hydrogen-bond acceptors (Lipinski definition) is 4. The number of rotatable bonds is 6. The van der Waals surface area contributed by atoms with Gasteiger partial charge in [0.25, 0.3) is 11.8 Å². The van der Waals surface area contributed by atoms with E-state index in [2.05, 4.69) is 10.3 Å². The van der Waals surface area contributed by atoms with Gasteiger partial charge in [-0.2, -0.15) is 0 Å². The fourth-order valence-corrected chi connectivity index (χ4v) is 2.32. The van der Waals surface area contributed by atoms with E-state index in [1.54, 1.807) is 47.5 Å². The van der Waals surface area contributed by atoms with Gasteiger partial charge < -0.3 is 16.0 Å². The number of nitrogens with one attached hydrogen (secondary N) is 1. The second-order valence-corrected chi connectivity index (χ2v) is 5.25. The summed E-state index contributed by atoms with van der Waals surface area (Å²) in [6.45, 7) is 5.50. The first-order chi connectivity index (χ1) is 11.6. The van der Waals surface area contributed by atoms with Gasteiger partial charge >= 0.3 is 0 Å². The Hall–Kier alpha value is -2.44. The standard InChI is InChI=1S/C18H22N4O2.ClH/c1-3-22(4-2)18(24)13-5-7-15(8-6-13)21-17(23)14-9-10-20-16(11-14)12-19;/h5-11H,3-4,12,19H2,1-2H3,(H,21,23);1H. The van der Waals surface area contributed by atoms with E-state index in [1.807, 2.05) is 13.8 Å². The van der Waals surface area contributed by atoms with Crippen molar-refractivity contribution < 1.29 is 9.59 Å². The van der Waals surface area contributed by atoms with Crippen molar-refractivity contribution in [2.45, 2.75) is 20.4 Å². The zero-order valence-corrected chi connectivity index (χ0v) is 15.2. The number of carbonyl (C=O) groups is 2. The van der Waals surface area contributed by atoms with E-state index >= 15 is 0 Å². The second-order valence-electron chi connectivity index (χ2n) is 5.25. The third kappa shape index (κ3) is 5.27. The summed E-state index contributed by atoms with van der Waals surface area (Å²) in [4.78, 5) is 30.3. The molecule has 6 nitrogen and oxygen atoms in total. The lowest BCUT2D eigenvalue weighted by Gasteiger charge is -2.18. The molecule has 1 aromatic heterocycles. The molecule has 0 saturated heterocycles. The fourth-order valence-electron chi connectivity index (χ4n) is 2.32. The monoisotopic (exact) mass is 362 g/mol. The topological polar surface area (TPSA) is 88.3 Å². The summed E-state index contributed by atoms with van der Waals surface area (Å²) >= 11 is 0. The third-order valence-corrected chi connectivity index (χ3v) is 3.73. The first-order valence-corrected chi connectivity index (χ1v) is 7.94. The van der Waals surface area contributed by atoms with Crippen LogP contribution in [0.15, 0.2) is 42.6 Å². The van der Waals surface area contributed by atoms with Crippen LogP contribution in [-0.2, 0) is 6.54 Å². The molecule has 2 aromatic rings. The molecular weight excluding hydrogens is 340 g/mol. The minimum absolute atomic E-state index is 0. The lowest BCUT2D eigenvalue weighted by atomic mass is 10.1. The number of nitrogens with two attached hydrogens (primary N) is 1. The molecule has 3 N–H and O–H groups in total. The molecule has 25 heavy (non-hydrogen) atoms. The molecule has 0 radical (unpaired) electrons. The summed E-state index contributed by atoms with van der Waals surface area (Å²) in [7, 11) is 0. The van der Waals surface area contributed by atoms with Crippen molar-refractivity contribution in [2.24, 2.45) is 5.73 Å². The SMILES string of the molecule is CCN(CC)C(=O)c1ccc(NC(=O)c2ccnc(CN)c2)cc1.Cl. The summed E-state index contributed by atoms with van der Waals surface area (Å²) in [6, 6.07) is 10.2. The average Bonchev–Trinajstić information content (AvgIpc) is 2.63. The van der Waals surface area contributed by atoms with Crippen LogP contribution in [0.4, 0.5) is 5.69 Å². The van der Waals surface area contributed by atoms with Gasteiger partial charge in [0.2, 0.25) is 0 Å². The van der Waals surface area contributed by atoms with Crippen LogP contribution in [0.2, 0.25) is 0 Å². The molecule has 0 aliphatic rings. The number of aromatic nitrogens is 1. The van der Waals surface area contributed by atoms with Gasteiger partial charge in [0.1, 0.15) is 0 Å². The van der Waals surface area contributed by atoms with E-state index in [1.165, 1.54) is 0 Å². The van der Waals surface area contributed by atoms with Crippen LogP contribution in [0.1, 0.15) is 40.3 Å². The Labute approximate surface area is 153 Å². The molecule has 0 spiro atoms. The molecule has 1 aromatic carbocycles. The molecular formula is C18H23ClN4O2. The Balaban J connectivity index is 0.00000312. The highest BCUT2D eigenvalue weighted by Gasteiger charge is 2.12. The number of hydrogen-bond donors (Lipinski definition) is 2. The molecule has 0 bridgehead atoms. The largest absolute Gasteiger partial charge is 0.339 e. The Morgan fingerprint density at radius 2 is 1.72 bits per heavy atom. The van der Waals surface area contributed by atoms with Crippen LogP contribution in [0.25, 0.3) is 0 Å². The van der Waals surface area contributed by atoms with Gasteiger partial charge in [-0.25, -0.2) is 0 Å². The molecule has 2 rings (SSSR count). The molecule has 0 fully saturated rings. The molecule has 2 amide bonds. The second kappa shape index (κ2) is 9.76. The van der Waals surface area contributed by atoms with Crippen molar-refractivity contribution in [1.82, 2.24) is 9.88 Å². The molecule has 7 heteroatoms. The number of nitrogens with zero attached hydrogens (tertiary/aromatic N) is 2. The molecule has 0 aliphatic carbocycles. The van der Waals surface area contributed by atoms with Crippen molar-refractivity contribution in [1.29, 1.82) is 0 Å². The van der Waals surface area contributed by atoms with Crippen molar-refractivity contribution in [3.05, 3.63) is 59.4 Å². The summed E-state index contributed by atoms with van der Waals surface area (Å²) in [6.07, 6.45) is 1.56. The van der Waals surface area contributed by atoms with Crippen LogP contribution in [0, 0.1) is 0 Å². The van der Waals surface area contributed by atoms with E-state index in [9.17, 15) is 9.59 Å². The number of halogens is 1. The van der Waals surface area contributed by atoms with Gasteiger partial charge in [0.05, 0.1) is 5.69 Å². The highest BCUT2D eigenvalue weighted by atomic mass is 35.5. The van der Waals surface area contributed by atoms with Crippen molar-refractivity contribution in [2.75, 3.05) is 18.4 Å². The molecule has 0 aliphatic heterocycles. The zero-order chi connectivity index (χ0) is 17.5. The lowest BCUT2D eigenvalue weighted by Crippen LogP contribution is -2.30. The Bertz CT molecular complexity index is 715. The normalized spacial score (nSPS) is 9.88. The Morgan fingerprint density at radius 3 is 2.28 bits per heavy atom. The van der Waals surface area contributed by atoms with Crippen LogP contribution in [0.3, 0.4) is 0 Å². The lowest BCUT2D eigenvalue weighted by molar-refractivity contribution is 0.0773. The highest BCUT2D eigenvalue weighted by Crippen LogP contribution is 2.13. The zero-order valence-electron chi connectivity index (χ0n) is 14.4. The molecule has 0 atom stereocenters. The van der Waals surface area contributed by atoms with Crippen molar-refractivity contribution >= 4 is 29.9 Å². The minimum atomic E-state index is -0.241. The number of pyridine rings is 1. The maximum Gasteiger partial charge on any atom is 0.255 e. The van der Waals surface area contributed by atoms with Crippen LogP contribution in [0.5, 0.6) is 0 Å². The number of carbonyl (C=O) groups excluding carboxylic acids is 2. The number of anilines is 1. The van der Waals surface area contributed by atoms with Crippen molar-refractivity contribution in [3.8, 4) is 0 Å². The van der Waals surface area contributed by atoms with Gasteiger partial charge in [-0.05, 0) is 50.2 Å². The smallest absolute Gasteiger partial charge is 0.255 e.